The second-order valence-electron chi connectivity index (χ2n) is 5.46. The Morgan fingerprint density at radius 2 is 2.00 bits per heavy atom. The van der Waals surface area contributed by atoms with Gasteiger partial charge >= 0.3 is 0 Å². The van der Waals surface area contributed by atoms with Crippen LogP contribution in [0.25, 0.3) is 11.4 Å². The Morgan fingerprint density at radius 3 is 2.88 bits per heavy atom. The van der Waals surface area contributed by atoms with E-state index in [1.54, 1.807) is 12.3 Å². The van der Waals surface area contributed by atoms with Crippen molar-refractivity contribution >= 4 is 23.2 Å². The highest BCUT2D eigenvalue weighted by atomic mass is 32.2. The van der Waals surface area contributed by atoms with Crippen LogP contribution in [0.1, 0.15) is 17.1 Å². The number of thioether (sulfide) groups is 1. The van der Waals surface area contributed by atoms with Gasteiger partial charge in [0.2, 0.25) is 0 Å². The number of fused-ring (bicyclic) bond motifs is 2. The summed E-state index contributed by atoms with van der Waals surface area (Å²) >= 11 is 1.49. The zero-order valence-corrected chi connectivity index (χ0v) is 14.0. The van der Waals surface area contributed by atoms with Crippen LogP contribution in [0.4, 0.5) is 0 Å². The number of hydrogen-bond donors (Lipinski definition) is 0. The molecule has 0 amide bonds. The van der Waals surface area contributed by atoms with E-state index in [1.807, 2.05) is 42.5 Å². The molecule has 0 atom stereocenters. The second-order valence-corrected chi connectivity index (χ2v) is 6.40. The Kier molecular flexibility index (Phi) is 3.53. The summed E-state index contributed by atoms with van der Waals surface area (Å²) in [6, 6.07) is 9.03. The maximum Gasteiger partial charge on any atom is 0.258 e. The fraction of sp³-hybridized carbons (Fsp3) is 0.188. The lowest BCUT2D eigenvalue weighted by atomic mass is 10.3. The summed E-state index contributed by atoms with van der Waals surface area (Å²) in [4.78, 5) is 21.0. The number of aryl methyl sites for hydroxylation is 2. The first-order valence-electron chi connectivity index (χ1n) is 7.41. The highest BCUT2D eigenvalue weighted by Crippen LogP contribution is 2.21. The lowest BCUT2D eigenvalue weighted by molar-refractivity contribution is 0.884. The first kappa shape index (κ1) is 14.8. The van der Waals surface area contributed by atoms with Crippen molar-refractivity contribution in [2.24, 2.45) is 0 Å². The molecule has 24 heavy (non-hydrogen) atoms. The van der Waals surface area contributed by atoms with E-state index >= 15 is 0 Å². The Balaban J connectivity index is 1.67. The van der Waals surface area contributed by atoms with E-state index < -0.39 is 0 Å². The van der Waals surface area contributed by atoms with Gasteiger partial charge < -0.3 is 0 Å². The minimum Gasteiger partial charge on any atom is -0.269 e. The molecule has 0 aliphatic heterocycles. The van der Waals surface area contributed by atoms with Gasteiger partial charge in [0, 0.05) is 29.4 Å². The summed E-state index contributed by atoms with van der Waals surface area (Å²) in [5.74, 6) is 1.12. The third-order valence-corrected chi connectivity index (χ3v) is 4.60. The van der Waals surface area contributed by atoms with Gasteiger partial charge in [-0.05, 0) is 32.0 Å². The summed E-state index contributed by atoms with van der Waals surface area (Å²) < 4.78 is 3.43. The van der Waals surface area contributed by atoms with Crippen LogP contribution in [-0.2, 0) is 5.75 Å². The van der Waals surface area contributed by atoms with E-state index in [-0.39, 0.29) is 5.56 Å². The van der Waals surface area contributed by atoms with Crippen molar-refractivity contribution in [1.82, 2.24) is 29.0 Å². The summed E-state index contributed by atoms with van der Waals surface area (Å²) in [7, 11) is 0. The molecule has 4 heterocycles. The van der Waals surface area contributed by atoms with Gasteiger partial charge in [0.1, 0.15) is 5.65 Å². The molecule has 4 rings (SSSR count). The minimum atomic E-state index is -0.0872. The molecule has 0 spiro atoms. The molecule has 4 aromatic rings. The quantitative estimate of drug-likeness (QED) is 0.532. The van der Waals surface area contributed by atoms with Crippen molar-refractivity contribution in [2.75, 3.05) is 0 Å². The van der Waals surface area contributed by atoms with Crippen molar-refractivity contribution in [1.29, 1.82) is 0 Å². The number of aromatic nitrogens is 6. The van der Waals surface area contributed by atoms with Crippen molar-refractivity contribution in [2.45, 2.75) is 24.8 Å². The lowest BCUT2D eigenvalue weighted by Gasteiger charge is -2.05. The number of nitrogens with zero attached hydrogens (tertiary/aromatic N) is 6. The second kappa shape index (κ2) is 5.72. The van der Waals surface area contributed by atoms with Gasteiger partial charge in [-0.3, -0.25) is 13.6 Å². The third-order valence-electron chi connectivity index (χ3n) is 3.64. The standard InChI is InChI=1S/C16H14N6OS/c1-10-7-11(2)22-15(17-10)19-20-16(22)24-9-12-8-14(23)21-6-4-3-5-13(21)18-12/h3-8H,9H2,1-2H3. The molecule has 0 aliphatic carbocycles. The molecule has 0 N–H and O–H groups in total. The predicted octanol–water partition coefficient (Wildman–Crippen LogP) is 2.04. The smallest absolute Gasteiger partial charge is 0.258 e. The van der Waals surface area contributed by atoms with Crippen molar-refractivity contribution < 1.29 is 0 Å². The average Bonchev–Trinajstić information content (AvgIpc) is 2.96. The van der Waals surface area contributed by atoms with Crippen LogP contribution in [0.5, 0.6) is 0 Å². The lowest BCUT2D eigenvalue weighted by Crippen LogP contribution is -2.14. The van der Waals surface area contributed by atoms with Gasteiger partial charge in [0.05, 0.1) is 5.69 Å². The van der Waals surface area contributed by atoms with Crippen molar-refractivity contribution in [3.05, 3.63) is 64.0 Å². The SMILES string of the molecule is Cc1cc(C)n2c(SCc3cc(=O)n4ccccc4n3)nnc2n1. The number of rotatable bonds is 3. The monoisotopic (exact) mass is 338 g/mol. The van der Waals surface area contributed by atoms with Crippen LogP contribution >= 0.6 is 11.8 Å². The topological polar surface area (TPSA) is 77.5 Å². The minimum absolute atomic E-state index is 0.0872. The average molecular weight is 338 g/mol. The van der Waals surface area contributed by atoms with Gasteiger partial charge in [-0.2, -0.15) is 0 Å². The summed E-state index contributed by atoms with van der Waals surface area (Å²) in [5.41, 5.74) is 3.20. The van der Waals surface area contributed by atoms with E-state index in [9.17, 15) is 4.79 Å². The first-order valence-corrected chi connectivity index (χ1v) is 8.40. The summed E-state index contributed by atoms with van der Waals surface area (Å²) in [6.07, 6.45) is 1.71. The van der Waals surface area contributed by atoms with E-state index in [0.717, 1.165) is 16.5 Å². The molecule has 4 aromatic heterocycles. The van der Waals surface area contributed by atoms with Gasteiger partial charge in [-0.25, -0.2) is 9.97 Å². The Bertz CT molecular complexity index is 1120. The normalized spacial score (nSPS) is 11.4. The van der Waals surface area contributed by atoms with E-state index in [4.69, 9.17) is 0 Å². The van der Waals surface area contributed by atoms with Gasteiger partial charge in [0.25, 0.3) is 11.3 Å². The third kappa shape index (κ3) is 2.54. The molecule has 0 fully saturated rings. The molecule has 0 aromatic carbocycles. The van der Waals surface area contributed by atoms with E-state index in [2.05, 4.69) is 20.2 Å². The molecule has 0 unspecified atom stereocenters. The fourth-order valence-corrected chi connectivity index (χ4v) is 3.49. The number of hydrogen-bond acceptors (Lipinski definition) is 6. The summed E-state index contributed by atoms with van der Waals surface area (Å²) in [5, 5.41) is 9.06. The Hall–Kier alpha value is -2.74. The molecule has 120 valence electrons. The van der Waals surface area contributed by atoms with Gasteiger partial charge in [-0.1, -0.05) is 17.8 Å². The molecule has 8 heteroatoms. The molecule has 0 radical (unpaired) electrons. The molecule has 7 nitrogen and oxygen atoms in total. The van der Waals surface area contributed by atoms with Crippen LogP contribution in [0.2, 0.25) is 0 Å². The molecule has 0 aliphatic rings. The van der Waals surface area contributed by atoms with E-state index in [0.29, 0.717) is 22.9 Å². The predicted molar refractivity (Wildman–Crippen MR) is 91.3 cm³/mol. The largest absolute Gasteiger partial charge is 0.269 e. The molecule has 0 saturated carbocycles. The maximum absolute atomic E-state index is 12.1. The Labute approximate surface area is 141 Å². The maximum atomic E-state index is 12.1. The van der Waals surface area contributed by atoms with Crippen LogP contribution < -0.4 is 5.56 Å². The van der Waals surface area contributed by atoms with Gasteiger partial charge in [-0.15, -0.1) is 10.2 Å². The number of pyridine rings is 1. The zero-order chi connectivity index (χ0) is 16.7. The zero-order valence-electron chi connectivity index (χ0n) is 13.2. The fourth-order valence-electron chi connectivity index (χ4n) is 2.61. The highest BCUT2D eigenvalue weighted by Gasteiger charge is 2.11. The van der Waals surface area contributed by atoms with Crippen LogP contribution in [-0.4, -0.2) is 29.0 Å². The summed E-state index contributed by atoms with van der Waals surface area (Å²) in [6.45, 7) is 3.93. The van der Waals surface area contributed by atoms with Crippen LogP contribution in [0.3, 0.4) is 0 Å². The Morgan fingerprint density at radius 1 is 1.12 bits per heavy atom. The molecule has 0 saturated heterocycles. The molecule has 0 bridgehead atoms. The van der Waals surface area contributed by atoms with Crippen molar-refractivity contribution in [3.63, 3.8) is 0 Å². The van der Waals surface area contributed by atoms with Crippen molar-refractivity contribution in [3.8, 4) is 0 Å². The van der Waals surface area contributed by atoms with Crippen LogP contribution in [0.15, 0.2) is 46.5 Å². The molecular weight excluding hydrogens is 324 g/mol. The van der Waals surface area contributed by atoms with Crippen LogP contribution in [0, 0.1) is 13.8 Å². The highest BCUT2D eigenvalue weighted by molar-refractivity contribution is 7.98. The first-order chi connectivity index (χ1) is 11.6. The van der Waals surface area contributed by atoms with Gasteiger partial charge in [0.15, 0.2) is 5.16 Å². The van der Waals surface area contributed by atoms with E-state index in [1.165, 1.54) is 16.2 Å². The molecular formula is C16H14N6OS.